The lowest BCUT2D eigenvalue weighted by molar-refractivity contribution is -0.139. The topological polar surface area (TPSA) is 39.2 Å². The maximum absolute atomic E-state index is 11.4. The molecule has 0 saturated carbocycles. The molecular weight excluding hydrogens is 214 g/mol. The van der Waals surface area contributed by atoms with E-state index in [0.717, 1.165) is 27.7 Å². The Morgan fingerprint density at radius 3 is 2.82 bits per heavy atom. The molecule has 0 radical (unpaired) electrons. The number of benzene rings is 1. The van der Waals surface area contributed by atoms with Gasteiger partial charge in [0.05, 0.1) is 19.0 Å². The van der Waals surface area contributed by atoms with Gasteiger partial charge in [0.2, 0.25) is 0 Å². The van der Waals surface area contributed by atoms with E-state index in [1.54, 1.807) is 0 Å². The van der Waals surface area contributed by atoms with Gasteiger partial charge in [-0.05, 0) is 31.0 Å². The monoisotopic (exact) mass is 229 g/mol. The molecule has 1 aromatic carbocycles. The fourth-order valence-electron chi connectivity index (χ4n) is 1.98. The molecule has 2 aromatic rings. The number of ether oxygens (including phenoxy) is 1. The van der Waals surface area contributed by atoms with Gasteiger partial charge in [-0.3, -0.25) is 9.78 Å². The van der Waals surface area contributed by atoms with Crippen molar-refractivity contribution in [2.24, 2.45) is 0 Å². The highest BCUT2D eigenvalue weighted by Gasteiger charge is 2.09. The Kier molecular flexibility index (Phi) is 3.09. The van der Waals surface area contributed by atoms with Crippen LogP contribution in [0.15, 0.2) is 24.3 Å². The highest BCUT2D eigenvalue weighted by atomic mass is 16.5. The predicted octanol–water partition coefficient (Wildman–Crippen LogP) is 2.57. The van der Waals surface area contributed by atoms with Crippen LogP contribution in [0.1, 0.15) is 16.8 Å². The van der Waals surface area contributed by atoms with Crippen LogP contribution < -0.4 is 0 Å². The van der Waals surface area contributed by atoms with Gasteiger partial charge in [-0.1, -0.05) is 18.2 Å². The van der Waals surface area contributed by atoms with E-state index in [-0.39, 0.29) is 5.97 Å². The largest absolute Gasteiger partial charge is 0.469 e. The lowest BCUT2D eigenvalue weighted by Gasteiger charge is -2.08. The normalized spacial score (nSPS) is 10.5. The van der Waals surface area contributed by atoms with Crippen molar-refractivity contribution in [1.82, 2.24) is 4.98 Å². The summed E-state index contributed by atoms with van der Waals surface area (Å²) in [6, 6.07) is 7.94. The van der Waals surface area contributed by atoms with Crippen molar-refractivity contribution in [3.63, 3.8) is 0 Å². The molecule has 0 spiro atoms. The van der Waals surface area contributed by atoms with E-state index >= 15 is 0 Å². The number of aryl methyl sites for hydroxylation is 2. The maximum Gasteiger partial charge on any atom is 0.310 e. The van der Waals surface area contributed by atoms with E-state index in [2.05, 4.69) is 4.98 Å². The number of aromatic nitrogens is 1. The molecule has 0 unspecified atom stereocenters. The summed E-state index contributed by atoms with van der Waals surface area (Å²) in [4.78, 5) is 15.9. The lowest BCUT2D eigenvalue weighted by atomic mass is 10.0. The average Bonchev–Trinajstić information content (AvgIpc) is 2.30. The first-order valence-corrected chi connectivity index (χ1v) is 5.54. The van der Waals surface area contributed by atoms with E-state index in [4.69, 9.17) is 4.74 Å². The Balaban J connectivity index is 2.62. The molecular formula is C14H15NO2. The van der Waals surface area contributed by atoms with Crippen LogP contribution in [0.4, 0.5) is 0 Å². The summed E-state index contributed by atoms with van der Waals surface area (Å²) in [6.45, 7) is 3.96. The molecule has 0 aliphatic carbocycles. The van der Waals surface area contributed by atoms with Crippen LogP contribution in [0.3, 0.4) is 0 Å². The molecule has 0 aliphatic rings. The number of methoxy groups -OCH3 is 1. The zero-order valence-electron chi connectivity index (χ0n) is 10.3. The number of hydrogen-bond acceptors (Lipinski definition) is 3. The summed E-state index contributed by atoms with van der Waals surface area (Å²) in [5, 5.41) is 1.03. The molecule has 0 N–H and O–H groups in total. The number of fused-ring (bicyclic) bond motifs is 1. The van der Waals surface area contributed by atoms with Gasteiger partial charge in [-0.25, -0.2) is 0 Å². The van der Waals surface area contributed by atoms with Gasteiger partial charge in [0.1, 0.15) is 0 Å². The molecule has 1 heterocycles. The summed E-state index contributed by atoms with van der Waals surface area (Å²) in [5.74, 6) is -0.224. The molecule has 3 nitrogen and oxygen atoms in total. The van der Waals surface area contributed by atoms with Crippen molar-refractivity contribution in [2.75, 3.05) is 7.11 Å². The number of carbonyl (C=O) groups is 1. The lowest BCUT2D eigenvalue weighted by Crippen LogP contribution is -2.06. The minimum atomic E-state index is -0.224. The van der Waals surface area contributed by atoms with E-state index < -0.39 is 0 Å². The van der Waals surface area contributed by atoms with E-state index in [9.17, 15) is 4.79 Å². The van der Waals surface area contributed by atoms with Gasteiger partial charge in [0.15, 0.2) is 0 Å². The van der Waals surface area contributed by atoms with Crippen molar-refractivity contribution in [3.05, 3.63) is 41.1 Å². The number of pyridine rings is 1. The van der Waals surface area contributed by atoms with Crippen LogP contribution in [0.5, 0.6) is 0 Å². The molecule has 0 fully saturated rings. The first kappa shape index (κ1) is 11.6. The Morgan fingerprint density at radius 2 is 2.12 bits per heavy atom. The number of esters is 1. The minimum absolute atomic E-state index is 0.224. The number of rotatable bonds is 2. The third kappa shape index (κ3) is 2.28. The molecule has 0 saturated heterocycles. The van der Waals surface area contributed by atoms with Crippen LogP contribution in [0.25, 0.3) is 10.9 Å². The molecule has 3 heteroatoms. The highest BCUT2D eigenvalue weighted by molar-refractivity contribution is 5.88. The van der Waals surface area contributed by atoms with Gasteiger partial charge in [0.25, 0.3) is 0 Å². The summed E-state index contributed by atoms with van der Waals surface area (Å²) in [7, 11) is 1.41. The molecule has 0 bridgehead atoms. The minimum Gasteiger partial charge on any atom is -0.469 e. The molecule has 0 atom stereocenters. The Hall–Kier alpha value is -1.90. The van der Waals surface area contributed by atoms with Crippen LogP contribution in [0.2, 0.25) is 0 Å². The Bertz CT molecular complexity index is 576. The van der Waals surface area contributed by atoms with Crippen molar-refractivity contribution in [3.8, 4) is 0 Å². The fraction of sp³-hybridized carbons (Fsp3) is 0.286. The summed E-state index contributed by atoms with van der Waals surface area (Å²) in [6.07, 6.45) is 0.291. The summed E-state index contributed by atoms with van der Waals surface area (Å²) >= 11 is 0. The summed E-state index contributed by atoms with van der Waals surface area (Å²) in [5.41, 5.74) is 3.98. The highest BCUT2D eigenvalue weighted by Crippen LogP contribution is 2.21. The Labute approximate surface area is 100 Å². The van der Waals surface area contributed by atoms with Crippen LogP contribution >= 0.6 is 0 Å². The van der Waals surface area contributed by atoms with E-state index in [1.807, 2.05) is 38.1 Å². The summed E-state index contributed by atoms with van der Waals surface area (Å²) < 4.78 is 4.71. The van der Waals surface area contributed by atoms with Crippen LogP contribution in [-0.2, 0) is 16.0 Å². The molecule has 1 aromatic heterocycles. The van der Waals surface area contributed by atoms with E-state index in [1.165, 1.54) is 7.11 Å². The average molecular weight is 229 g/mol. The number of carbonyl (C=O) groups excluding carboxylic acids is 1. The van der Waals surface area contributed by atoms with Crippen molar-refractivity contribution in [1.29, 1.82) is 0 Å². The standard InChI is InChI=1S/C14H15NO2/c1-9-5-4-6-12-11(8-13(16)17-3)7-10(2)15-14(9)12/h4-7H,8H2,1-3H3. The van der Waals surface area contributed by atoms with Gasteiger partial charge in [-0.2, -0.15) is 0 Å². The van der Waals surface area contributed by atoms with Crippen molar-refractivity contribution >= 4 is 16.9 Å². The van der Waals surface area contributed by atoms with Gasteiger partial charge >= 0.3 is 5.97 Å². The molecule has 0 amide bonds. The van der Waals surface area contributed by atoms with Crippen LogP contribution in [0, 0.1) is 13.8 Å². The number of para-hydroxylation sites is 1. The van der Waals surface area contributed by atoms with Crippen LogP contribution in [-0.4, -0.2) is 18.1 Å². The third-order valence-electron chi connectivity index (χ3n) is 2.82. The second kappa shape index (κ2) is 4.53. The quantitative estimate of drug-likeness (QED) is 0.743. The zero-order chi connectivity index (χ0) is 12.4. The predicted molar refractivity (Wildman–Crippen MR) is 66.9 cm³/mol. The molecule has 0 aliphatic heterocycles. The maximum atomic E-state index is 11.4. The second-order valence-electron chi connectivity index (χ2n) is 4.15. The molecule has 17 heavy (non-hydrogen) atoms. The van der Waals surface area contributed by atoms with Gasteiger partial charge in [0, 0.05) is 11.1 Å². The number of nitrogens with zero attached hydrogens (tertiary/aromatic N) is 1. The van der Waals surface area contributed by atoms with Gasteiger partial charge in [-0.15, -0.1) is 0 Å². The molecule has 2 rings (SSSR count). The second-order valence-corrected chi connectivity index (χ2v) is 4.15. The molecule has 88 valence electrons. The smallest absolute Gasteiger partial charge is 0.310 e. The van der Waals surface area contributed by atoms with Crippen molar-refractivity contribution in [2.45, 2.75) is 20.3 Å². The van der Waals surface area contributed by atoms with Gasteiger partial charge < -0.3 is 4.74 Å². The first-order chi connectivity index (χ1) is 8.11. The van der Waals surface area contributed by atoms with E-state index in [0.29, 0.717) is 6.42 Å². The number of hydrogen-bond donors (Lipinski definition) is 0. The first-order valence-electron chi connectivity index (χ1n) is 5.54. The zero-order valence-corrected chi connectivity index (χ0v) is 10.3. The Morgan fingerprint density at radius 1 is 1.35 bits per heavy atom. The SMILES string of the molecule is COC(=O)Cc1cc(C)nc2c(C)cccc12. The third-order valence-corrected chi connectivity index (χ3v) is 2.82. The fourth-order valence-corrected chi connectivity index (χ4v) is 1.98. The van der Waals surface area contributed by atoms with Crippen molar-refractivity contribution < 1.29 is 9.53 Å².